The quantitative estimate of drug-likeness (QED) is 0.700. The summed E-state index contributed by atoms with van der Waals surface area (Å²) in [6.07, 6.45) is 1.74. The molecule has 1 atom stereocenters. The lowest BCUT2D eigenvalue weighted by Crippen LogP contribution is -2.45. The fraction of sp³-hybridized carbons (Fsp3) is 0.417. The third-order valence-corrected chi connectivity index (χ3v) is 5.98. The standard InChI is InChI=1S/C24H30ClN3O2/c1-17(2)28-14-12-20(13-15-28)23(29)26-16-22(18-6-4-3-5-7-18)27-24(30)19-8-10-21(25)11-9-19/h3-11,17,20,22H,12-16H2,1-2H3,(H,26,29)(H,27,30)/t22-/m0/s1. The van der Waals surface area contributed by atoms with E-state index in [1.807, 2.05) is 30.3 Å². The molecule has 1 aliphatic rings. The van der Waals surface area contributed by atoms with Gasteiger partial charge in [-0.05, 0) is 69.6 Å². The van der Waals surface area contributed by atoms with Gasteiger partial charge in [0.2, 0.25) is 5.91 Å². The van der Waals surface area contributed by atoms with E-state index in [-0.39, 0.29) is 23.8 Å². The second-order valence-electron chi connectivity index (χ2n) is 8.09. The van der Waals surface area contributed by atoms with Gasteiger partial charge in [-0.1, -0.05) is 41.9 Å². The summed E-state index contributed by atoms with van der Waals surface area (Å²) in [7, 11) is 0. The summed E-state index contributed by atoms with van der Waals surface area (Å²) < 4.78 is 0. The molecule has 30 heavy (non-hydrogen) atoms. The van der Waals surface area contributed by atoms with Crippen molar-refractivity contribution in [3.8, 4) is 0 Å². The Bertz CT molecular complexity index is 831. The fourth-order valence-electron chi connectivity index (χ4n) is 3.81. The van der Waals surface area contributed by atoms with E-state index in [4.69, 9.17) is 11.6 Å². The maximum Gasteiger partial charge on any atom is 0.251 e. The second-order valence-corrected chi connectivity index (χ2v) is 8.53. The Hall–Kier alpha value is -2.37. The maximum atomic E-state index is 12.7. The van der Waals surface area contributed by atoms with E-state index in [1.54, 1.807) is 24.3 Å². The molecule has 0 unspecified atom stereocenters. The predicted molar refractivity (Wildman–Crippen MR) is 121 cm³/mol. The van der Waals surface area contributed by atoms with Gasteiger partial charge in [-0.2, -0.15) is 0 Å². The third-order valence-electron chi connectivity index (χ3n) is 5.72. The van der Waals surface area contributed by atoms with Crippen molar-refractivity contribution in [2.24, 2.45) is 5.92 Å². The highest BCUT2D eigenvalue weighted by Gasteiger charge is 2.26. The van der Waals surface area contributed by atoms with Crippen molar-refractivity contribution in [3.63, 3.8) is 0 Å². The Balaban J connectivity index is 1.61. The number of benzene rings is 2. The molecule has 0 aliphatic carbocycles. The van der Waals surface area contributed by atoms with Crippen molar-refractivity contribution < 1.29 is 9.59 Å². The average molecular weight is 428 g/mol. The first-order valence-electron chi connectivity index (χ1n) is 10.6. The van der Waals surface area contributed by atoms with Crippen molar-refractivity contribution in [2.75, 3.05) is 19.6 Å². The van der Waals surface area contributed by atoms with Crippen LogP contribution >= 0.6 is 11.6 Å². The molecule has 1 saturated heterocycles. The van der Waals surface area contributed by atoms with Crippen LogP contribution in [0, 0.1) is 5.92 Å². The van der Waals surface area contributed by atoms with Crippen LogP contribution in [0.4, 0.5) is 0 Å². The minimum Gasteiger partial charge on any atom is -0.353 e. The van der Waals surface area contributed by atoms with E-state index in [0.717, 1.165) is 31.5 Å². The van der Waals surface area contributed by atoms with Crippen LogP contribution in [0.2, 0.25) is 5.02 Å². The molecule has 0 saturated carbocycles. The molecule has 0 bridgehead atoms. The molecule has 2 amide bonds. The summed E-state index contributed by atoms with van der Waals surface area (Å²) in [6.45, 7) is 6.63. The normalized spacial score (nSPS) is 16.3. The van der Waals surface area contributed by atoms with Crippen molar-refractivity contribution >= 4 is 23.4 Å². The van der Waals surface area contributed by atoms with Gasteiger partial charge in [0.25, 0.3) is 5.91 Å². The van der Waals surface area contributed by atoms with E-state index >= 15 is 0 Å². The van der Waals surface area contributed by atoms with Gasteiger partial charge in [0.05, 0.1) is 6.04 Å². The number of amides is 2. The van der Waals surface area contributed by atoms with Crippen LogP contribution in [0.25, 0.3) is 0 Å². The summed E-state index contributed by atoms with van der Waals surface area (Å²) in [6, 6.07) is 16.7. The number of carbonyl (C=O) groups is 2. The van der Waals surface area contributed by atoms with Crippen LogP contribution in [-0.4, -0.2) is 42.4 Å². The molecule has 1 fully saturated rings. The monoisotopic (exact) mass is 427 g/mol. The number of likely N-dealkylation sites (tertiary alicyclic amines) is 1. The molecule has 2 aromatic rings. The molecule has 5 nitrogen and oxygen atoms in total. The first-order chi connectivity index (χ1) is 14.4. The first-order valence-corrected chi connectivity index (χ1v) is 10.9. The van der Waals surface area contributed by atoms with Gasteiger partial charge in [-0.25, -0.2) is 0 Å². The Labute approximate surface area is 183 Å². The maximum absolute atomic E-state index is 12.7. The molecule has 0 radical (unpaired) electrons. The zero-order valence-electron chi connectivity index (χ0n) is 17.6. The van der Waals surface area contributed by atoms with E-state index in [1.165, 1.54) is 0 Å². The number of piperidine rings is 1. The zero-order chi connectivity index (χ0) is 21.5. The number of halogens is 1. The van der Waals surface area contributed by atoms with E-state index in [0.29, 0.717) is 23.2 Å². The fourth-order valence-corrected chi connectivity index (χ4v) is 3.93. The summed E-state index contributed by atoms with van der Waals surface area (Å²) in [5, 5.41) is 6.70. The average Bonchev–Trinajstić information content (AvgIpc) is 2.77. The Morgan fingerprint density at radius 3 is 2.27 bits per heavy atom. The lowest BCUT2D eigenvalue weighted by Gasteiger charge is -2.34. The van der Waals surface area contributed by atoms with Crippen LogP contribution in [-0.2, 0) is 4.79 Å². The largest absolute Gasteiger partial charge is 0.353 e. The van der Waals surface area contributed by atoms with Crippen molar-refractivity contribution in [3.05, 3.63) is 70.7 Å². The Morgan fingerprint density at radius 1 is 1.03 bits per heavy atom. The highest BCUT2D eigenvalue weighted by atomic mass is 35.5. The van der Waals surface area contributed by atoms with Gasteiger partial charge in [0.1, 0.15) is 0 Å². The molecule has 6 heteroatoms. The summed E-state index contributed by atoms with van der Waals surface area (Å²) in [4.78, 5) is 27.9. The van der Waals surface area contributed by atoms with Gasteiger partial charge in [0.15, 0.2) is 0 Å². The van der Waals surface area contributed by atoms with Crippen LogP contribution in [0.5, 0.6) is 0 Å². The van der Waals surface area contributed by atoms with Gasteiger partial charge in [-0.15, -0.1) is 0 Å². The van der Waals surface area contributed by atoms with Gasteiger partial charge in [0, 0.05) is 29.1 Å². The number of hydrogen-bond donors (Lipinski definition) is 2. The van der Waals surface area contributed by atoms with Crippen molar-refractivity contribution in [1.29, 1.82) is 0 Å². The molecule has 3 rings (SSSR count). The SMILES string of the molecule is CC(C)N1CCC(C(=O)NC[C@H](NC(=O)c2ccc(Cl)cc2)c2ccccc2)CC1. The summed E-state index contributed by atoms with van der Waals surface area (Å²) >= 11 is 5.92. The third kappa shape index (κ3) is 6.07. The number of nitrogens with one attached hydrogen (secondary N) is 2. The molecular weight excluding hydrogens is 398 g/mol. The number of carbonyl (C=O) groups excluding carboxylic acids is 2. The van der Waals surface area contributed by atoms with Crippen LogP contribution in [0.1, 0.15) is 48.7 Å². The van der Waals surface area contributed by atoms with Crippen LogP contribution < -0.4 is 10.6 Å². The minimum atomic E-state index is -0.311. The topological polar surface area (TPSA) is 61.4 Å². The van der Waals surface area contributed by atoms with Crippen LogP contribution in [0.3, 0.4) is 0 Å². The zero-order valence-corrected chi connectivity index (χ0v) is 18.4. The van der Waals surface area contributed by atoms with Crippen molar-refractivity contribution in [2.45, 2.75) is 38.8 Å². The Morgan fingerprint density at radius 2 is 1.67 bits per heavy atom. The lowest BCUT2D eigenvalue weighted by molar-refractivity contribution is -0.126. The first kappa shape index (κ1) is 22.3. The van der Waals surface area contributed by atoms with E-state index < -0.39 is 0 Å². The Kier molecular flexibility index (Phi) is 7.88. The lowest BCUT2D eigenvalue weighted by atomic mass is 9.95. The molecule has 2 N–H and O–H groups in total. The predicted octanol–water partition coefficient (Wildman–Crippen LogP) is 4.05. The molecule has 2 aromatic carbocycles. The highest BCUT2D eigenvalue weighted by molar-refractivity contribution is 6.30. The highest BCUT2D eigenvalue weighted by Crippen LogP contribution is 2.20. The van der Waals surface area contributed by atoms with Crippen molar-refractivity contribution in [1.82, 2.24) is 15.5 Å². The molecule has 160 valence electrons. The van der Waals surface area contributed by atoms with E-state index in [2.05, 4.69) is 29.4 Å². The molecule has 0 aromatic heterocycles. The molecule has 1 heterocycles. The smallest absolute Gasteiger partial charge is 0.251 e. The summed E-state index contributed by atoms with van der Waals surface area (Å²) in [5.74, 6) is -0.0940. The molecule has 1 aliphatic heterocycles. The van der Waals surface area contributed by atoms with Gasteiger partial charge >= 0.3 is 0 Å². The molecule has 0 spiro atoms. The minimum absolute atomic E-state index is 0.0309. The van der Waals surface area contributed by atoms with Gasteiger partial charge in [-0.3, -0.25) is 9.59 Å². The van der Waals surface area contributed by atoms with E-state index in [9.17, 15) is 9.59 Å². The van der Waals surface area contributed by atoms with Crippen LogP contribution in [0.15, 0.2) is 54.6 Å². The molecular formula is C24H30ClN3O2. The number of rotatable bonds is 7. The summed E-state index contributed by atoms with van der Waals surface area (Å²) in [5.41, 5.74) is 1.49. The van der Waals surface area contributed by atoms with Gasteiger partial charge < -0.3 is 15.5 Å². The second kappa shape index (κ2) is 10.6. The number of hydrogen-bond acceptors (Lipinski definition) is 3. The number of nitrogens with zero attached hydrogens (tertiary/aromatic N) is 1.